The molecule has 1 saturated carbocycles. The Labute approximate surface area is 79.7 Å². The van der Waals surface area contributed by atoms with Gasteiger partial charge in [-0.3, -0.25) is 4.90 Å². The fourth-order valence-corrected chi connectivity index (χ4v) is 2.11. The van der Waals surface area contributed by atoms with Crippen LogP contribution in [0.1, 0.15) is 19.8 Å². The van der Waals surface area contributed by atoms with Gasteiger partial charge in [0.05, 0.1) is 6.07 Å². The molecule has 3 nitrogen and oxygen atoms in total. The second kappa shape index (κ2) is 2.97. The summed E-state index contributed by atoms with van der Waals surface area (Å²) in [6, 6.07) is 3.09. The van der Waals surface area contributed by atoms with Crippen molar-refractivity contribution in [3.8, 4) is 6.07 Å². The first-order valence-electron chi connectivity index (χ1n) is 5.04. The molecule has 2 rings (SSSR count). The molecule has 1 heterocycles. The summed E-state index contributed by atoms with van der Waals surface area (Å²) in [6.45, 7) is 4.17. The molecule has 0 aromatic heterocycles. The number of rotatable bonds is 3. The van der Waals surface area contributed by atoms with Gasteiger partial charge >= 0.3 is 0 Å². The summed E-state index contributed by atoms with van der Waals surface area (Å²) < 4.78 is 0. The van der Waals surface area contributed by atoms with Crippen LogP contribution in [0.15, 0.2) is 0 Å². The zero-order valence-electron chi connectivity index (χ0n) is 8.38. The zero-order valence-corrected chi connectivity index (χ0v) is 8.38. The summed E-state index contributed by atoms with van der Waals surface area (Å²) in [7, 11) is 1.99. The van der Waals surface area contributed by atoms with Gasteiger partial charge in [0, 0.05) is 19.1 Å². The van der Waals surface area contributed by atoms with Crippen LogP contribution in [0.4, 0.5) is 0 Å². The van der Waals surface area contributed by atoms with Crippen LogP contribution in [0, 0.1) is 17.2 Å². The van der Waals surface area contributed by atoms with Gasteiger partial charge in [0.15, 0.2) is 0 Å². The van der Waals surface area contributed by atoms with Crippen molar-refractivity contribution in [1.82, 2.24) is 10.2 Å². The van der Waals surface area contributed by atoms with E-state index in [1.807, 2.05) is 7.05 Å². The van der Waals surface area contributed by atoms with Crippen molar-refractivity contribution < 1.29 is 0 Å². The molecule has 13 heavy (non-hydrogen) atoms. The van der Waals surface area contributed by atoms with Crippen molar-refractivity contribution in [1.29, 1.82) is 5.26 Å². The van der Waals surface area contributed by atoms with Crippen molar-refractivity contribution in [3.05, 3.63) is 0 Å². The van der Waals surface area contributed by atoms with Gasteiger partial charge in [0.25, 0.3) is 0 Å². The van der Waals surface area contributed by atoms with Crippen LogP contribution in [-0.4, -0.2) is 36.6 Å². The Balaban J connectivity index is 1.96. The molecule has 1 atom stereocenters. The summed E-state index contributed by atoms with van der Waals surface area (Å²) in [6.07, 6.45) is 2.48. The third kappa shape index (κ3) is 1.34. The lowest BCUT2D eigenvalue weighted by molar-refractivity contribution is 0.0360. The molecule has 0 bridgehead atoms. The summed E-state index contributed by atoms with van der Waals surface area (Å²) in [4.78, 5) is 2.31. The highest BCUT2D eigenvalue weighted by Gasteiger charge is 2.49. The molecule has 0 spiro atoms. The normalized spacial score (nSPS) is 29.0. The van der Waals surface area contributed by atoms with Crippen LogP contribution < -0.4 is 5.32 Å². The van der Waals surface area contributed by atoms with E-state index < -0.39 is 0 Å². The van der Waals surface area contributed by atoms with E-state index in [1.54, 1.807) is 0 Å². The topological polar surface area (TPSA) is 39.1 Å². The predicted octanol–water partition coefficient (Wildman–Crippen LogP) is 0.582. The van der Waals surface area contributed by atoms with E-state index in [-0.39, 0.29) is 5.54 Å². The fraction of sp³-hybridized carbons (Fsp3) is 0.900. The summed E-state index contributed by atoms with van der Waals surface area (Å²) in [5, 5.41) is 12.4. The quantitative estimate of drug-likeness (QED) is 0.689. The van der Waals surface area contributed by atoms with E-state index in [2.05, 4.69) is 23.2 Å². The maximum atomic E-state index is 9.18. The van der Waals surface area contributed by atoms with Crippen LogP contribution in [0.3, 0.4) is 0 Å². The average molecular weight is 179 g/mol. The molecule has 1 N–H and O–H groups in total. The maximum Gasteiger partial charge on any atom is 0.109 e. The van der Waals surface area contributed by atoms with Gasteiger partial charge in [-0.05, 0) is 32.7 Å². The van der Waals surface area contributed by atoms with E-state index in [4.69, 9.17) is 0 Å². The largest absolute Gasteiger partial charge is 0.315 e. The van der Waals surface area contributed by atoms with Crippen molar-refractivity contribution >= 4 is 0 Å². The first kappa shape index (κ1) is 8.98. The Morgan fingerprint density at radius 1 is 1.46 bits per heavy atom. The minimum absolute atomic E-state index is 0.173. The smallest absolute Gasteiger partial charge is 0.109 e. The molecule has 3 heteroatoms. The predicted molar refractivity (Wildman–Crippen MR) is 51.2 cm³/mol. The third-order valence-electron chi connectivity index (χ3n) is 3.55. The summed E-state index contributed by atoms with van der Waals surface area (Å²) in [5.74, 6) is 0.635. The molecule has 0 aromatic carbocycles. The van der Waals surface area contributed by atoms with E-state index in [0.29, 0.717) is 12.0 Å². The minimum atomic E-state index is -0.173. The SMILES string of the molecule is CNC1CN([C@](C)(C#N)C2CC2)C1. The highest BCUT2D eigenvalue weighted by Crippen LogP contribution is 2.44. The van der Waals surface area contributed by atoms with E-state index in [0.717, 1.165) is 13.1 Å². The molecular weight excluding hydrogens is 162 g/mol. The lowest BCUT2D eigenvalue weighted by atomic mass is 9.90. The monoisotopic (exact) mass is 179 g/mol. The van der Waals surface area contributed by atoms with Gasteiger partial charge in [-0.2, -0.15) is 5.26 Å². The summed E-state index contributed by atoms with van der Waals surface area (Å²) in [5.41, 5.74) is -0.173. The van der Waals surface area contributed by atoms with Gasteiger partial charge in [-0.25, -0.2) is 0 Å². The molecule has 2 aliphatic rings. The number of nitriles is 1. The molecule has 0 unspecified atom stereocenters. The first-order valence-corrected chi connectivity index (χ1v) is 5.04. The number of hydrogen-bond donors (Lipinski definition) is 1. The Kier molecular flexibility index (Phi) is 2.05. The van der Waals surface area contributed by atoms with E-state index in [9.17, 15) is 5.26 Å². The minimum Gasteiger partial charge on any atom is -0.315 e. The lowest BCUT2D eigenvalue weighted by Crippen LogP contribution is -2.65. The first-order chi connectivity index (χ1) is 6.20. The van der Waals surface area contributed by atoms with Gasteiger partial charge in [-0.1, -0.05) is 0 Å². The highest BCUT2D eigenvalue weighted by atomic mass is 15.3. The number of nitrogens with one attached hydrogen (secondary N) is 1. The van der Waals surface area contributed by atoms with E-state index >= 15 is 0 Å². The molecule has 0 aromatic rings. The Morgan fingerprint density at radius 2 is 2.08 bits per heavy atom. The second-order valence-corrected chi connectivity index (χ2v) is 4.42. The number of likely N-dealkylation sites (tertiary alicyclic amines) is 1. The Bertz CT molecular complexity index is 235. The zero-order chi connectivity index (χ0) is 9.47. The standard InChI is InChI=1S/C10H17N3/c1-10(7-11,8-3-4-8)13-5-9(6-13)12-2/h8-9,12H,3-6H2,1-2H3/t10-/m1/s1. The van der Waals surface area contributed by atoms with Crippen LogP contribution >= 0.6 is 0 Å². The molecule has 1 saturated heterocycles. The molecule has 0 radical (unpaired) electrons. The van der Waals surface area contributed by atoms with Gasteiger partial charge < -0.3 is 5.32 Å². The maximum absolute atomic E-state index is 9.18. The van der Waals surface area contributed by atoms with Crippen LogP contribution in [0.2, 0.25) is 0 Å². The third-order valence-corrected chi connectivity index (χ3v) is 3.55. The van der Waals surface area contributed by atoms with Crippen molar-refractivity contribution in [3.63, 3.8) is 0 Å². The van der Waals surface area contributed by atoms with Crippen LogP contribution in [0.5, 0.6) is 0 Å². The molecule has 2 fully saturated rings. The van der Waals surface area contributed by atoms with Crippen LogP contribution in [-0.2, 0) is 0 Å². The Hall–Kier alpha value is -0.590. The van der Waals surface area contributed by atoms with Crippen LogP contribution in [0.25, 0.3) is 0 Å². The fourth-order valence-electron chi connectivity index (χ4n) is 2.11. The van der Waals surface area contributed by atoms with E-state index in [1.165, 1.54) is 12.8 Å². The van der Waals surface area contributed by atoms with Crippen molar-refractivity contribution in [2.24, 2.45) is 5.92 Å². The molecule has 72 valence electrons. The summed E-state index contributed by atoms with van der Waals surface area (Å²) >= 11 is 0. The highest BCUT2D eigenvalue weighted by molar-refractivity contribution is 5.16. The average Bonchev–Trinajstić information content (AvgIpc) is 2.84. The van der Waals surface area contributed by atoms with Gasteiger partial charge in [0.2, 0.25) is 0 Å². The Morgan fingerprint density at radius 3 is 2.46 bits per heavy atom. The molecule has 1 aliphatic carbocycles. The molecular formula is C10H17N3. The second-order valence-electron chi connectivity index (χ2n) is 4.42. The van der Waals surface area contributed by atoms with Crippen molar-refractivity contribution in [2.45, 2.75) is 31.3 Å². The molecule has 1 aliphatic heterocycles. The van der Waals surface area contributed by atoms with Gasteiger partial charge in [-0.15, -0.1) is 0 Å². The lowest BCUT2D eigenvalue weighted by Gasteiger charge is -2.47. The molecule has 0 amide bonds. The van der Waals surface area contributed by atoms with Crippen molar-refractivity contribution in [2.75, 3.05) is 20.1 Å². The number of hydrogen-bond acceptors (Lipinski definition) is 3. The van der Waals surface area contributed by atoms with Gasteiger partial charge in [0.1, 0.15) is 5.54 Å². The number of likely N-dealkylation sites (N-methyl/N-ethyl adjacent to an activating group) is 1. The number of nitrogens with zero attached hydrogens (tertiary/aromatic N) is 2.